The first-order valence-corrected chi connectivity index (χ1v) is 7.20. The van der Waals surface area contributed by atoms with E-state index in [9.17, 15) is 0 Å². The Balaban J connectivity index is 2.09. The zero-order valence-electron chi connectivity index (χ0n) is 9.40. The van der Waals surface area contributed by atoms with Crippen LogP contribution in [0.1, 0.15) is 5.56 Å². The lowest BCUT2D eigenvalue weighted by molar-refractivity contribution is 0.0718. The summed E-state index contributed by atoms with van der Waals surface area (Å²) < 4.78 is 5.70. The van der Waals surface area contributed by atoms with Crippen molar-refractivity contribution in [3.8, 4) is 0 Å². The molecule has 0 aliphatic rings. The molecule has 17 heavy (non-hydrogen) atoms. The summed E-state index contributed by atoms with van der Waals surface area (Å²) >= 11 is 9.15. The molecule has 1 nitrogen and oxygen atoms in total. The number of rotatable bonds is 5. The van der Waals surface area contributed by atoms with Crippen LogP contribution in [0.4, 0.5) is 0 Å². The first-order valence-electron chi connectivity index (χ1n) is 5.54. The van der Waals surface area contributed by atoms with Gasteiger partial charge in [0.1, 0.15) is 0 Å². The zero-order chi connectivity index (χ0) is 12.1. The highest BCUT2D eigenvalue weighted by molar-refractivity contribution is 9.09. The van der Waals surface area contributed by atoms with E-state index in [2.05, 4.69) is 46.3 Å². The number of alkyl halides is 2. The second-order valence-electron chi connectivity index (χ2n) is 3.92. The standard InChI is InChI=1S/C14H14BrClO/c15-8-14(9-16)17-10-11-5-6-12-3-1-2-4-13(12)7-11/h1-7,14H,8-10H2/t14-/m1/s1. The molecule has 2 rings (SSSR count). The summed E-state index contributed by atoms with van der Waals surface area (Å²) in [5, 5.41) is 3.27. The van der Waals surface area contributed by atoms with Crippen molar-refractivity contribution in [2.45, 2.75) is 12.7 Å². The maximum absolute atomic E-state index is 5.77. The summed E-state index contributed by atoms with van der Waals surface area (Å²) in [5.74, 6) is 0.513. The van der Waals surface area contributed by atoms with Crippen LogP contribution in [0.2, 0.25) is 0 Å². The van der Waals surface area contributed by atoms with Gasteiger partial charge in [0.05, 0.1) is 12.7 Å². The minimum absolute atomic E-state index is 0.0723. The fourth-order valence-corrected chi connectivity index (χ4v) is 2.55. The van der Waals surface area contributed by atoms with Gasteiger partial charge in [-0.1, -0.05) is 52.3 Å². The van der Waals surface area contributed by atoms with Crippen molar-refractivity contribution in [2.75, 3.05) is 11.2 Å². The smallest absolute Gasteiger partial charge is 0.0811 e. The summed E-state index contributed by atoms with van der Waals surface area (Å²) in [6.45, 7) is 0.605. The third-order valence-corrected chi connectivity index (χ3v) is 3.71. The average molecular weight is 314 g/mol. The van der Waals surface area contributed by atoms with Gasteiger partial charge in [-0.25, -0.2) is 0 Å². The van der Waals surface area contributed by atoms with Crippen LogP contribution in [-0.4, -0.2) is 17.3 Å². The summed E-state index contributed by atoms with van der Waals surface area (Å²) in [4.78, 5) is 0. The molecule has 0 saturated heterocycles. The predicted molar refractivity (Wildman–Crippen MR) is 77.0 cm³/mol. The Bertz CT molecular complexity index is 482. The van der Waals surface area contributed by atoms with Gasteiger partial charge in [-0.3, -0.25) is 0 Å². The second-order valence-corrected chi connectivity index (χ2v) is 4.88. The molecule has 3 heteroatoms. The highest BCUT2D eigenvalue weighted by Gasteiger charge is 2.05. The number of hydrogen-bond donors (Lipinski definition) is 0. The fourth-order valence-electron chi connectivity index (χ4n) is 1.67. The van der Waals surface area contributed by atoms with Crippen LogP contribution in [0, 0.1) is 0 Å². The Hall–Kier alpha value is -0.570. The highest BCUT2D eigenvalue weighted by Crippen LogP contribution is 2.16. The van der Waals surface area contributed by atoms with Gasteiger partial charge in [0, 0.05) is 11.2 Å². The lowest BCUT2D eigenvalue weighted by atomic mass is 10.1. The highest BCUT2D eigenvalue weighted by atomic mass is 79.9. The summed E-state index contributed by atoms with van der Waals surface area (Å²) in [6, 6.07) is 14.7. The number of fused-ring (bicyclic) bond motifs is 1. The van der Waals surface area contributed by atoms with Crippen LogP contribution >= 0.6 is 27.5 Å². The number of halogens is 2. The van der Waals surface area contributed by atoms with E-state index in [1.165, 1.54) is 16.3 Å². The van der Waals surface area contributed by atoms with Crippen LogP contribution in [-0.2, 0) is 11.3 Å². The maximum Gasteiger partial charge on any atom is 0.0811 e. The molecule has 2 aromatic rings. The van der Waals surface area contributed by atoms with Gasteiger partial charge < -0.3 is 4.74 Å². The minimum Gasteiger partial charge on any atom is -0.371 e. The van der Waals surface area contributed by atoms with Gasteiger partial charge in [-0.15, -0.1) is 11.6 Å². The first kappa shape index (κ1) is 12.9. The van der Waals surface area contributed by atoms with Crippen molar-refractivity contribution < 1.29 is 4.74 Å². The number of hydrogen-bond acceptors (Lipinski definition) is 1. The monoisotopic (exact) mass is 312 g/mol. The van der Waals surface area contributed by atoms with Crippen LogP contribution in [0.25, 0.3) is 10.8 Å². The van der Waals surface area contributed by atoms with Crippen LogP contribution < -0.4 is 0 Å². The molecule has 0 spiro atoms. The molecule has 0 aromatic heterocycles. The predicted octanol–water partition coefficient (Wildman–Crippen LogP) is 4.36. The summed E-state index contributed by atoms with van der Waals surface area (Å²) in [5.41, 5.74) is 1.18. The Morgan fingerprint density at radius 3 is 2.59 bits per heavy atom. The number of ether oxygens (including phenoxy) is 1. The summed E-state index contributed by atoms with van der Waals surface area (Å²) in [7, 11) is 0. The molecular weight excluding hydrogens is 300 g/mol. The third-order valence-electron chi connectivity index (χ3n) is 2.64. The molecule has 0 bridgehead atoms. The van der Waals surface area contributed by atoms with Gasteiger partial charge in [0.25, 0.3) is 0 Å². The van der Waals surface area contributed by atoms with E-state index < -0.39 is 0 Å². The van der Waals surface area contributed by atoms with Crippen molar-refractivity contribution in [2.24, 2.45) is 0 Å². The molecule has 0 N–H and O–H groups in total. The molecule has 0 aliphatic carbocycles. The molecule has 1 atom stereocenters. The van der Waals surface area contributed by atoms with E-state index >= 15 is 0 Å². The summed E-state index contributed by atoms with van der Waals surface area (Å²) in [6.07, 6.45) is 0.0723. The molecule has 0 radical (unpaired) electrons. The first-order chi connectivity index (χ1) is 8.33. The Morgan fingerprint density at radius 2 is 1.88 bits per heavy atom. The van der Waals surface area contributed by atoms with Gasteiger partial charge in [-0.05, 0) is 22.4 Å². The molecule has 2 aromatic carbocycles. The van der Waals surface area contributed by atoms with E-state index in [0.29, 0.717) is 12.5 Å². The second kappa shape index (κ2) is 6.39. The molecule has 0 fully saturated rings. The molecule has 0 unspecified atom stereocenters. The average Bonchev–Trinajstić information content (AvgIpc) is 2.40. The van der Waals surface area contributed by atoms with E-state index in [-0.39, 0.29) is 6.10 Å². The van der Waals surface area contributed by atoms with Crippen molar-refractivity contribution in [3.05, 3.63) is 48.0 Å². The quantitative estimate of drug-likeness (QED) is 0.745. The van der Waals surface area contributed by atoms with Crippen molar-refractivity contribution in [1.29, 1.82) is 0 Å². The van der Waals surface area contributed by atoms with Gasteiger partial charge >= 0.3 is 0 Å². The Kier molecular flexibility index (Phi) is 4.84. The third kappa shape index (κ3) is 3.44. The largest absolute Gasteiger partial charge is 0.371 e. The Morgan fingerprint density at radius 1 is 1.12 bits per heavy atom. The van der Waals surface area contributed by atoms with E-state index in [1.807, 2.05) is 12.1 Å². The lowest BCUT2D eigenvalue weighted by Crippen LogP contribution is -2.16. The van der Waals surface area contributed by atoms with E-state index in [1.54, 1.807) is 0 Å². The zero-order valence-corrected chi connectivity index (χ0v) is 11.7. The molecular formula is C14H14BrClO. The fraction of sp³-hybridized carbons (Fsp3) is 0.286. The molecule has 90 valence electrons. The Labute approximate surface area is 115 Å². The van der Waals surface area contributed by atoms with E-state index in [4.69, 9.17) is 16.3 Å². The topological polar surface area (TPSA) is 9.23 Å². The van der Waals surface area contributed by atoms with Crippen LogP contribution in [0.15, 0.2) is 42.5 Å². The van der Waals surface area contributed by atoms with E-state index in [0.717, 1.165) is 5.33 Å². The van der Waals surface area contributed by atoms with Crippen LogP contribution in [0.5, 0.6) is 0 Å². The molecule has 0 saturated carbocycles. The number of benzene rings is 2. The molecule has 0 aliphatic heterocycles. The normalized spacial score (nSPS) is 12.8. The van der Waals surface area contributed by atoms with Crippen LogP contribution in [0.3, 0.4) is 0 Å². The van der Waals surface area contributed by atoms with Crippen molar-refractivity contribution >= 4 is 38.3 Å². The van der Waals surface area contributed by atoms with Gasteiger partial charge in [-0.2, -0.15) is 0 Å². The molecule has 0 amide bonds. The van der Waals surface area contributed by atoms with Gasteiger partial charge in [0.15, 0.2) is 0 Å². The minimum atomic E-state index is 0.0723. The van der Waals surface area contributed by atoms with Crippen molar-refractivity contribution in [3.63, 3.8) is 0 Å². The van der Waals surface area contributed by atoms with Crippen molar-refractivity contribution in [1.82, 2.24) is 0 Å². The SMILES string of the molecule is ClC[C@@H](CBr)OCc1ccc2ccccc2c1. The maximum atomic E-state index is 5.77. The lowest BCUT2D eigenvalue weighted by Gasteiger charge is -2.12. The van der Waals surface area contributed by atoms with Gasteiger partial charge in [0.2, 0.25) is 0 Å². The molecule has 0 heterocycles.